The smallest absolute Gasteiger partial charge is 0.335 e. The summed E-state index contributed by atoms with van der Waals surface area (Å²) >= 11 is 1.40. The van der Waals surface area contributed by atoms with Gasteiger partial charge < -0.3 is 15.7 Å². The standard InChI is InChI=1S/C26H24N2O4S/c1-2-23(25(30)28-20-14-12-19(13-15-20)26(31)32)33-22-10-6-9-21(17-22)27-24(29)16-11-18-7-4-3-5-8-18/h3-17,23H,2H2,1H3,(H,27,29)(H,28,30)(H,31,32)/b16-11+. The van der Waals surface area contributed by atoms with E-state index in [0.717, 1.165) is 10.5 Å². The van der Waals surface area contributed by atoms with Crippen molar-refractivity contribution in [1.82, 2.24) is 0 Å². The molecular weight excluding hydrogens is 436 g/mol. The molecule has 0 aliphatic heterocycles. The summed E-state index contributed by atoms with van der Waals surface area (Å²) in [4.78, 5) is 36.8. The van der Waals surface area contributed by atoms with E-state index in [1.54, 1.807) is 24.3 Å². The third-order valence-electron chi connectivity index (χ3n) is 4.67. The van der Waals surface area contributed by atoms with Gasteiger partial charge in [-0.15, -0.1) is 11.8 Å². The highest BCUT2D eigenvalue weighted by atomic mass is 32.2. The molecule has 1 unspecified atom stereocenters. The highest BCUT2D eigenvalue weighted by Gasteiger charge is 2.18. The van der Waals surface area contributed by atoms with Gasteiger partial charge in [0.15, 0.2) is 0 Å². The Morgan fingerprint density at radius 2 is 1.64 bits per heavy atom. The third kappa shape index (κ3) is 7.36. The Morgan fingerprint density at radius 3 is 2.30 bits per heavy atom. The van der Waals surface area contributed by atoms with Crippen molar-refractivity contribution >= 4 is 47.0 Å². The molecule has 3 rings (SSSR count). The fourth-order valence-electron chi connectivity index (χ4n) is 2.97. The lowest BCUT2D eigenvalue weighted by atomic mass is 10.2. The molecule has 0 aliphatic carbocycles. The largest absolute Gasteiger partial charge is 0.478 e. The van der Waals surface area contributed by atoms with Crippen LogP contribution in [0.3, 0.4) is 0 Å². The molecule has 1 atom stereocenters. The molecule has 3 aromatic rings. The van der Waals surface area contributed by atoms with Gasteiger partial charge in [-0.3, -0.25) is 9.59 Å². The van der Waals surface area contributed by atoms with Gasteiger partial charge in [0.1, 0.15) is 0 Å². The molecule has 3 aromatic carbocycles. The van der Waals surface area contributed by atoms with Crippen LogP contribution in [0.4, 0.5) is 11.4 Å². The van der Waals surface area contributed by atoms with Crippen LogP contribution >= 0.6 is 11.8 Å². The van der Waals surface area contributed by atoms with Crippen LogP contribution in [-0.2, 0) is 9.59 Å². The van der Waals surface area contributed by atoms with Crippen LogP contribution in [0.5, 0.6) is 0 Å². The molecule has 0 aliphatic rings. The molecule has 3 N–H and O–H groups in total. The van der Waals surface area contributed by atoms with E-state index in [9.17, 15) is 14.4 Å². The number of carboxylic acid groups (broad SMARTS) is 1. The minimum Gasteiger partial charge on any atom is -0.478 e. The number of anilines is 2. The molecule has 0 spiro atoms. The minimum atomic E-state index is -1.02. The fraction of sp³-hybridized carbons (Fsp3) is 0.115. The van der Waals surface area contributed by atoms with Crippen LogP contribution in [0.1, 0.15) is 29.3 Å². The maximum Gasteiger partial charge on any atom is 0.335 e. The van der Waals surface area contributed by atoms with E-state index >= 15 is 0 Å². The number of hydrogen-bond donors (Lipinski definition) is 3. The van der Waals surface area contributed by atoms with Crippen LogP contribution in [0.15, 0.2) is 89.8 Å². The van der Waals surface area contributed by atoms with E-state index in [4.69, 9.17) is 5.11 Å². The van der Waals surface area contributed by atoms with Gasteiger partial charge >= 0.3 is 5.97 Å². The number of carbonyl (C=O) groups is 3. The first-order chi connectivity index (χ1) is 15.9. The van der Waals surface area contributed by atoms with Gasteiger partial charge in [-0.05, 0) is 60.5 Å². The van der Waals surface area contributed by atoms with Crippen molar-refractivity contribution in [2.24, 2.45) is 0 Å². The first-order valence-corrected chi connectivity index (χ1v) is 11.3. The first-order valence-electron chi connectivity index (χ1n) is 10.4. The van der Waals surface area contributed by atoms with Crippen LogP contribution in [0.2, 0.25) is 0 Å². The average molecular weight is 461 g/mol. The third-order valence-corrected chi connectivity index (χ3v) is 6.03. The highest BCUT2D eigenvalue weighted by molar-refractivity contribution is 8.00. The van der Waals surface area contributed by atoms with E-state index in [1.807, 2.05) is 55.5 Å². The van der Waals surface area contributed by atoms with Crippen molar-refractivity contribution in [1.29, 1.82) is 0 Å². The number of hydrogen-bond acceptors (Lipinski definition) is 4. The number of rotatable bonds is 9. The van der Waals surface area contributed by atoms with Crippen LogP contribution in [0, 0.1) is 0 Å². The summed E-state index contributed by atoms with van der Waals surface area (Å²) in [6.07, 6.45) is 3.82. The quantitative estimate of drug-likeness (QED) is 0.288. The SMILES string of the molecule is CCC(Sc1cccc(NC(=O)/C=C/c2ccccc2)c1)C(=O)Nc1ccc(C(=O)O)cc1. The van der Waals surface area contributed by atoms with Crippen molar-refractivity contribution < 1.29 is 19.5 Å². The van der Waals surface area contributed by atoms with Gasteiger partial charge in [-0.25, -0.2) is 4.79 Å². The van der Waals surface area contributed by atoms with Crippen LogP contribution in [0.25, 0.3) is 6.08 Å². The predicted molar refractivity (Wildman–Crippen MR) is 133 cm³/mol. The van der Waals surface area contributed by atoms with E-state index in [2.05, 4.69) is 10.6 Å². The Bertz CT molecular complexity index is 1140. The Morgan fingerprint density at radius 1 is 0.909 bits per heavy atom. The van der Waals surface area contributed by atoms with Gasteiger partial charge in [0.2, 0.25) is 11.8 Å². The van der Waals surface area contributed by atoms with Crippen molar-refractivity contribution in [2.45, 2.75) is 23.5 Å². The zero-order valence-electron chi connectivity index (χ0n) is 18.0. The van der Waals surface area contributed by atoms with Crippen molar-refractivity contribution in [2.75, 3.05) is 10.6 Å². The van der Waals surface area contributed by atoms with Crippen LogP contribution < -0.4 is 10.6 Å². The number of benzene rings is 3. The summed E-state index contributed by atoms with van der Waals surface area (Å²) in [7, 11) is 0. The van der Waals surface area contributed by atoms with Crippen molar-refractivity contribution in [3.63, 3.8) is 0 Å². The number of carboxylic acids is 1. The molecule has 0 saturated heterocycles. The second kappa shape index (κ2) is 11.7. The van der Waals surface area contributed by atoms with Crippen molar-refractivity contribution in [3.05, 3.63) is 96.1 Å². The monoisotopic (exact) mass is 460 g/mol. The number of carbonyl (C=O) groups excluding carboxylic acids is 2. The summed E-state index contributed by atoms with van der Waals surface area (Å²) in [5, 5.41) is 14.3. The number of thioether (sulfide) groups is 1. The van der Waals surface area contributed by atoms with E-state index in [1.165, 1.54) is 30.0 Å². The normalized spacial score (nSPS) is 11.7. The highest BCUT2D eigenvalue weighted by Crippen LogP contribution is 2.28. The summed E-state index contributed by atoms with van der Waals surface area (Å²) in [5.74, 6) is -1.43. The second-order valence-electron chi connectivity index (χ2n) is 7.15. The van der Waals surface area contributed by atoms with Crippen LogP contribution in [-0.4, -0.2) is 28.1 Å². The second-order valence-corrected chi connectivity index (χ2v) is 8.42. The van der Waals surface area contributed by atoms with E-state index in [-0.39, 0.29) is 22.6 Å². The summed E-state index contributed by atoms with van der Waals surface area (Å²) in [5.41, 5.74) is 2.27. The molecule has 7 heteroatoms. The fourth-order valence-corrected chi connectivity index (χ4v) is 3.99. The molecule has 6 nitrogen and oxygen atoms in total. The topological polar surface area (TPSA) is 95.5 Å². The van der Waals surface area contributed by atoms with Gasteiger partial charge in [0, 0.05) is 22.3 Å². The molecule has 0 radical (unpaired) electrons. The predicted octanol–water partition coefficient (Wildman–Crippen LogP) is 5.55. The number of nitrogens with one attached hydrogen (secondary N) is 2. The molecule has 168 valence electrons. The molecule has 0 bridgehead atoms. The number of amides is 2. The maximum absolute atomic E-state index is 12.7. The molecule has 2 amide bonds. The Balaban J connectivity index is 1.60. The van der Waals surface area contributed by atoms with E-state index < -0.39 is 5.97 Å². The van der Waals surface area contributed by atoms with Gasteiger partial charge in [0.05, 0.1) is 10.8 Å². The van der Waals surface area contributed by atoms with Gasteiger partial charge in [-0.2, -0.15) is 0 Å². The summed E-state index contributed by atoms with van der Waals surface area (Å²) < 4.78 is 0. The zero-order valence-corrected chi connectivity index (χ0v) is 18.8. The molecular formula is C26H24N2O4S. The van der Waals surface area contributed by atoms with Gasteiger partial charge in [-0.1, -0.05) is 43.3 Å². The summed E-state index contributed by atoms with van der Waals surface area (Å²) in [6.45, 7) is 1.92. The van der Waals surface area contributed by atoms with Crippen molar-refractivity contribution in [3.8, 4) is 0 Å². The Kier molecular flexibility index (Phi) is 8.43. The maximum atomic E-state index is 12.7. The lowest BCUT2D eigenvalue weighted by molar-refractivity contribution is -0.115. The van der Waals surface area contributed by atoms with Gasteiger partial charge in [0.25, 0.3) is 0 Å². The minimum absolute atomic E-state index is 0.159. The number of aromatic carboxylic acids is 1. The Labute approximate surface area is 196 Å². The summed E-state index contributed by atoms with van der Waals surface area (Å²) in [6, 6.07) is 22.9. The Hall–Kier alpha value is -3.84. The lowest BCUT2D eigenvalue weighted by Gasteiger charge is -2.15. The molecule has 0 heterocycles. The lowest BCUT2D eigenvalue weighted by Crippen LogP contribution is -2.24. The first kappa shape index (κ1) is 23.8. The molecule has 0 aromatic heterocycles. The molecule has 33 heavy (non-hydrogen) atoms. The van der Waals surface area contributed by atoms with E-state index in [0.29, 0.717) is 17.8 Å². The average Bonchev–Trinajstić information content (AvgIpc) is 2.82. The molecule has 0 saturated carbocycles. The molecule has 0 fully saturated rings. The zero-order chi connectivity index (χ0) is 23.6.